The summed E-state index contributed by atoms with van der Waals surface area (Å²) in [4.78, 5) is 13.1. The van der Waals surface area contributed by atoms with Crippen molar-refractivity contribution < 1.29 is 14.0 Å². The van der Waals surface area contributed by atoms with Gasteiger partial charge < -0.3 is 25.0 Å². The van der Waals surface area contributed by atoms with E-state index in [-0.39, 0.29) is 18.2 Å². The number of hydrogen-bond donors (Lipinski definition) is 2. The molecule has 10 nitrogen and oxygen atoms in total. The molecule has 0 amide bonds. The summed E-state index contributed by atoms with van der Waals surface area (Å²) in [6, 6.07) is 6.59. The number of thiophene rings is 1. The van der Waals surface area contributed by atoms with Crippen LogP contribution in [-0.2, 0) is 11.8 Å². The van der Waals surface area contributed by atoms with Crippen LogP contribution in [0.2, 0.25) is 0 Å². The van der Waals surface area contributed by atoms with Crippen molar-refractivity contribution in [3.8, 4) is 29.2 Å². The molecule has 6 rings (SSSR count). The van der Waals surface area contributed by atoms with E-state index in [0.29, 0.717) is 45.6 Å². The fourth-order valence-corrected chi connectivity index (χ4v) is 7.34. The molecule has 0 saturated carbocycles. The minimum absolute atomic E-state index is 0.0359. The summed E-state index contributed by atoms with van der Waals surface area (Å²) in [5.41, 5.74) is 7.57. The maximum atomic E-state index is 9.83. The van der Waals surface area contributed by atoms with Crippen molar-refractivity contribution in [1.82, 2.24) is 25.3 Å². The van der Waals surface area contributed by atoms with Crippen molar-refractivity contribution in [1.29, 1.82) is 5.26 Å². The van der Waals surface area contributed by atoms with Gasteiger partial charge in [-0.25, -0.2) is 4.98 Å². The molecule has 0 aromatic carbocycles. The number of ether oxygens (including phenoxy) is 2. The third kappa shape index (κ3) is 4.64. The van der Waals surface area contributed by atoms with Crippen LogP contribution in [0.15, 0.2) is 16.7 Å². The molecule has 0 radical (unpaired) electrons. The Kier molecular flexibility index (Phi) is 6.73. The van der Waals surface area contributed by atoms with Gasteiger partial charge in [0.2, 0.25) is 17.6 Å². The molecule has 1 aliphatic carbocycles. The van der Waals surface area contributed by atoms with Gasteiger partial charge in [-0.2, -0.15) is 10.2 Å². The predicted molar refractivity (Wildman–Crippen MR) is 148 cm³/mol. The molecule has 5 atom stereocenters. The Morgan fingerprint density at radius 3 is 2.87 bits per heavy atom. The number of rotatable bonds is 7. The molecule has 3 aliphatic rings. The first-order chi connectivity index (χ1) is 18.8. The van der Waals surface area contributed by atoms with Gasteiger partial charge in [-0.1, -0.05) is 5.16 Å². The van der Waals surface area contributed by atoms with E-state index in [1.165, 1.54) is 17.8 Å². The van der Waals surface area contributed by atoms with E-state index in [1.54, 1.807) is 0 Å². The minimum atomic E-state index is -0.597. The number of anilines is 1. The van der Waals surface area contributed by atoms with Crippen LogP contribution in [0, 0.1) is 11.3 Å². The normalized spacial score (nSPS) is 27.4. The van der Waals surface area contributed by atoms with Gasteiger partial charge in [-0.3, -0.25) is 4.90 Å². The lowest BCUT2D eigenvalue weighted by Gasteiger charge is -2.35. The minimum Gasteiger partial charge on any atom is -0.487 e. The van der Waals surface area contributed by atoms with Gasteiger partial charge in [0.25, 0.3) is 0 Å². The second kappa shape index (κ2) is 10.1. The van der Waals surface area contributed by atoms with E-state index in [0.717, 1.165) is 49.2 Å². The summed E-state index contributed by atoms with van der Waals surface area (Å²) < 4.78 is 18.5. The molecular weight excluding hydrogens is 514 g/mol. The highest BCUT2D eigenvalue weighted by molar-refractivity contribution is 7.16. The van der Waals surface area contributed by atoms with Crippen LogP contribution in [-0.4, -0.2) is 64.5 Å². The fourth-order valence-electron chi connectivity index (χ4n) is 6.15. The molecule has 2 aliphatic heterocycles. The molecule has 3 N–H and O–H groups in total. The second-order valence-corrected chi connectivity index (χ2v) is 12.4. The SMILES string of the molecule is C[C@H](Oc1cc(O[C@H]2CN[C@@H]2C)cc(-c2noc([C@@]3(C)CCCc4sc(N)c(C#N)c43)n2)n1)[C@@H]1CCCN1C. The molecule has 2 fully saturated rings. The van der Waals surface area contributed by atoms with Gasteiger partial charge in [0.1, 0.15) is 34.7 Å². The first kappa shape index (κ1) is 26.0. The zero-order valence-corrected chi connectivity index (χ0v) is 23.7. The molecular formula is C28H35N7O3S. The molecule has 0 bridgehead atoms. The molecule has 11 heteroatoms. The molecule has 3 aromatic heterocycles. The Balaban J connectivity index is 1.34. The molecule has 0 spiro atoms. The Morgan fingerprint density at radius 2 is 2.18 bits per heavy atom. The number of likely N-dealkylation sites (tertiary alicyclic amines) is 1. The number of aryl methyl sites for hydroxylation is 1. The van der Waals surface area contributed by atoms with Crippen molar-refractivity contribution in [2.45, 2.75) is 82.6 Å². The first-order valence-electron chi connectivity index (χ1n) is 13.7. The van der Waals surface area contributed by atoms with E-state index >= 15 is 0 Å². The van der Waals surface area contributed by atoms with Crippen LogP contribution in [0.4, 0.5) is 5.00 Å². The smallest absolute Gasteiger partial charge is 0.237 e. The summed E-state index contributed by atoms with van der Waals surface area (Å²) in [6.45, 7) is 8.11. The number of nitrogens with two attached hydrogens (primary N) is 1. The summed E-state index contributed by atoms with van der Waals surface area (Å²) in [5.74, 6) is 1.96. The highest BCUT2D eigenvalue weighted by atomic mass is 32.1. The number of aromatic nitrogens is 3. The average molecular weight is 550 g/mol. The quantitative estimate of drug-likeness (QED) is 0.447. The monoisotopic (exact) mass is 549 g/mol. The number of nitriles is 1. The predicted octanol–water partition coefficient (Wildman–Crippen LogP) is 3.89. The third-order valence-electron chi connectivity index (χ3n) is 8.57. The molecule has 206 valence electrons. The number of nitrogen functional groups attached to an aromatic ring is 1. The Bertz CT molecular complexity index is 1410. The van der Waals surface area contributed by atoms with Gasteiger partial charge in [0.15, 0.2) is 0 Å². The zero-order chi connectivity index (χ0) is 27.3. The van der Waals surface area contributed by atoms with Crippen molar-refractivity contribution in [2.75, 3.05) is 25.9 Å². The van der Waals surface area contributed by atoms with E-state index < -0.39 is 5.41 Å². The fraction of sp³-hybridized carbons (Fsp3) is 0.571. The highest BCUT2D eigenvalue weighted by Gasteiger charge is 2.43. The lowest BCUT2D eigenvalue weighted by molar-refractivity contribution is 0.0915. The topological polar surface area (TPSA) is 135 Å². The first-order valence-corrected chi connectivity index (χ1v) is 14.5. The van der Waals surface area contributed by atoms with Crippen LogP contribution < -0.4 is 20.5 Å². The summed E-state index contributed by atoms with van der Waals surface area (Å²) in [6.07, 6.45) is 4.93. The summed E-state index contributed by atoms with van der Waals surface area (Å²) in [7, 11) is 2.14. The van der Waals surface area contributed by atoms with E-state index in [2.05, 4.69) is 49.3 Å². The summed E-state index contributed by atoms with van der Waals surface area (Å²) in [5, 5.41) is 18.0. The largest absolute Gasteiger partial charge is 0.487 e. The van der Waals surface area contributed by atoms with Crippen LogP contribution in [0.5, 0.6) is 11.6 Å². The lowest BCUT2D eigenvalue weighted by Crippen LogP contribution is -2.58. The molecule has 5 heterocycles. The van der Waals surface area contributed by atoms with Crippen molar-refractivity contribution in [2.24, 2.45) is 0 Å². The van der Waals surface area contributed by atoms with Crippen LogP contribution in [0.1, 0.15) is 68.3 Å². The van der Waals surface area contributed by atoms with Crippen LogP contribution >= 0.6 is 11.3 Å². The number of fused-ring (bicyclic) bond motifs is 1. The number of likely N-dealkylation sites (N-methyl/N-ethyl adjacent to an activating group) is 1. The van der Waals surface area contributed by atoms with Crippen molar-refractivity contribution >= 4 is 16.3 Å². The summed E-state index contributed by atoms with van der Waals surface area (Å²) >= 11 is 1.49. The number of pyridine rings is 1. The molecule has 39 heavy (non-hydrogen) atoms. The van der Waals surface area contributed by atoms with Crippen LogP contribution in [0.25, 0.3) is 11.5 Å². The standard InChI is InChI=1S/C28H35N7O3S/c1-15-21(14-31-15)37-17-11-19(32-23(12-17)36-16(2)20-7-6-10-35(20)4)26-33-27(38-34-26)28(3)9-5-8-22-24(28)18(13-29)25(30)39-22/h11-12,15-16,20-21,31H,5-10,14,30H2,1-4H3/t15-,16+,20+,21+,28+/m1/s1. The van der Waals surface area contributed by atoms with Crippen molar-refractivity contribution in [3.63, 3.8) is 0 Å². The van der Waals surface area contributed by atoms with Crippen LogP contribution in [0.3, 0.4) is 0 Å². The molecule has 3 aromatic rings. The van der Waals surface area contributed by atoms with Gasteiger partial charge >= 0.3 is 0 Å². The second-order valence-electron chi connectivity index (χ2n) is 11.3. The molecule has 2 saturated heterocycles. The Labute approximate surface area is 232 Å². The van der Waals surface area contributed by atoms with E-state index in [4.69, 9.17) is 29.7 Å². The maximum absolute atomic E-state index is 9.83. The van der Waals surface area contributed by atoms with Gasteiger partial charge in [-0.15, -0.1) is 11.3 Å². The number of hydrogen-bond acceptors (Lipinski definition) is 11. The number of nitrogens with one attached hydrogen (secondary N) is 1. The Hall–Kier alpha value is -3.20. The average Bonchev–Trinajstić information content (AvgIpc) is 3.65. The maximum Gasteiger partial charge on any atom is 0.237 e. The molecule has 0 unspecified atom stereocenters. The number of nitrogens with zero attached hydrogens (tertiary/aromatic N) is 5. The van der Waals surface area contributed by atoms with Gasteiger partial charge in [0.05, 0.1) is 11.0 Å². The van der Waals surface area contributed by atoms with E-state index in [9.17, 15) is 5.26 Å². The Morgan fingerprint density at radius 1 is 1.33 bits per heavy atom. The van der Waals surface area contributed by atoms with Crippen molar-refractivity contribution in [3.05, 3.63) is 34.0 Å². The lowest BCUT2D eigenvalue weighted by atomic mass is 9.72. The van der Waals surface area contributed by atoms with E-state index in [1.807, 2.05) is 12.1 Å². The van der Waals surface area contributed by atoms with Gasteiger partial charge in [-0.05, 0) is 66.5 Å². The highest BCUT2D eigenvalue weighted by Crippen LogP contribution is 2.48. The zero-order valence-electron chi connectivity index (χ0n) is 22.9. The van der Waals surface area contributed by atoms with Gasteiger partial charge in [0, 0.05) is 41.2 Å². The third-order valence-corrected chi connectivity index (χ3v) is 9.65.